The largest absolute Gasteiger partial charge is 0.398 e. The predicted molar refractivity (Wildman–Crippen MR) is 69.5 cm³/mol. The van der Waals surface area contributed by atoms with Crippen LogP contribution >= 0.6 is 11.3 Å². The molecule has 1 aromatic heterocycles. The van der Waals surface area contributed by atoms with E-state index in [1.165, 1.54) is 11.3 Å². The summed E-state index contributed by atoms with van der Waals surface area (Å²) in [4.78, 5) is 16.4. The molecule has 0 unspecified atom stereocenters. The number of rotatable bonds is 3. The summed E-state index contributed by atoms with van der Waals surface area (Å²) in [5.74, 6) is -0.540. The monoisotopic (exact) mass is 248 g/mol. The Balaban J connectivity index is 2.28. The molecule has 5 nitrogen and oxygen atoms in total. The fourth-order valence-electron chi connectivity index (χ4n) is 1.38. The van der Waals surface area contributed by atoms with Crippen LogP contribution in [-0.2, 0) is 0 Å². The van der Waals surface area contributed by atoms with Crippen LogP contribution in [0.15, 0.2) is 24.4 Å². The first-order chi connectivity index (χ1) is 8.06. The van der Waals surface area contributed by atoms with Crippen LogP contribution in [0.4, 0.5) is 16.5 Å². The number of aromatic nitrogens is 1. The second kappa shape index (κ2) is 4.42. The minimum atomic E-state index is -0.540. The highest BCUT2D eigenvalue weighted by Crippen LogP contribution is 2.24. The highest BCUT2D eigenvalue weighted by Gasteiger charge is 2.07. The number of benzene rings is 1. The maximum absolute atomic E-state index is 11.1. The van der Waals surface area contributed by atoms with Crippen molar-refractivity contribution in [2.75, 3.05) is 11.1 Å². The fraction of sp³-hybridized carbons (Fsp3) is 0.0909. The molecule has 0 radical (unpaired) electrons. The Bertz CT molecular complexity index is 564. The summed E-state index contributed by atoms with van der Waals surface area (Å²) in [7, 11) is 0. The second-order valence-corrected chi connectivity index (χ2v) is 4.80. The summed E-state index contributed by atoms with van der Waals surface area (Å²) in [5, 5.41) is 3.86. The molecule has 0 saturated carbocycles. The van der Waals surface area contributed by atoms with Gasteiger partial charge in [-0.05, 0) is 25.1 Å². The quantitative estimate of drug-likeness (QED) is 0.723. The number of nitrogens with one attached hydrogen (secondary N) is 1. The molecule has 0 atom stereocenters. The zero-order valence-electron chi connectivity index (χ0n) is 9.23. The number of carbonyl (C=O) groups excluding carboxylic acids is 1. The second-order valence-electron chi connectivity index (χ2n) is 3.57. The molecule has 0 spiro atoms. The van der Waals surface area contributed by atoms with Crippen molar-refractivity contribution < 1.29 is 4.79 Å². The molecular weight excluding hydrogens is 236 g/mol. The summed E-state index contributed by atoms with van der Waals surface area (Å²) in [6, 6.07) is 5.04. The summed E-state index contributed by atoms with van der Waals surface area (Å²) >= 11 is 1.53. The van der Waals surface area contributed by atoms with Crippen LogP contribution in [0, 0.1) is 6.92 Å². The third-order valence-corrected chi connectivity index (χ3v) is 3.02. The SMILES string of the molecule is Cc1cnc(Nc2ccc(N)c(C(N)=O)c2)s1. The molecule has 6 heteroatoms. The third kappa shape index (κ3) is 2.54. The number of carbonyl (C=O) groups is 1. The lowest BCUT2D eigenvalue weighted by atomic mass is 10.1. The van der Waals surface area contributed by atoms with Crippen LogP contribution in [-0.4, -0.2) is 10.9 Å². The molecule has 0 saturated heterocycles. The Kier molecular flexibility index (Phi) is 2.97. The van der Waals surface area contributed by atoms with Crippen molar-refractivity contribution in [2.45, 2.75) is 6.92 Å². The van der Waals surface area contributed by atoms with Gasteiger partial charge in [-0.1, -0.05) is 0 Å². The Morgan fingerprint density at radius 3 is 2.82 bits per heavy atom. The minimum Gasteiger partial charge on any atom is -0.398 e. The van der Waals surface area contributed by atoms with Crippen molar-refractivity contribution in [3.63, 3.8) is 0 Å². The van der Waals surface area contributed by atoms with E-state index in [1.807, 2.05) is 6.92 Å². The number of thiazole rings is 1. The highest BCUT2D eigenvalue weighted by molar-refractivity contribution is 7.15. The molecule has 1 heterocycles. The lowest BCUT2D eigenvalue weighted by Gasteiger charge is -2.06. The van der Waals surface area contributed by atoms with Gasteiger partial charge in [0.1, 0.15) is 0 Å². The number of hydrogen-bond acceptors (Lipinski definition) is 5. The molecule has 0 aliphatic heterocycles. The molecule has 5 N–H and O–H groups in total. The van der Waals surface area contributed by atoms with Gasteiger partial charge >= 0.3 is 0 Å². The van der Waals surface area contributed by atoms with E-state index in [-0.39, 0.29) is 0 Å². The molecule has 1 aromatic carbocycles. The topological polar surface area (TPSA) is 94.0 Å². The van der Waals surface area contributed by atoms with Crippen LogP contribution in [0.2, 0.25) is 0 Å². The van der Waals surface area contributed by atoms with E-state index < -0.39 is 5.91 Å². The zero-order chi connectivity index (χ0) is 12.4. The Morgan fingerprint density at radius 1 is 1.47 bits per heavy atom. The molecule has 17 heavy (non-hydrogen) atoms. The van der Waals surface area contributed by atoms with E-state index in [1.54, 1.807) is 24.4 Å². The zero-order valence-corrected chi connectivity index (χ0v) is 10.0. The fourth-order valence-corrected chi connectivity index (χ4v) is 2.07. The first-order valence-corrected chi connectivity index (χ1v) is 5.76. The number of hydrogen-bond donors (Lipinski definition) is 3. The van der Waals surface area contributed by atoms with Gasteiger partial charge in [0.15, 0.2) is 5.13 Å². The molecule has 0 aliphatic rings. The summed E-state index contributed by atoms with van der Waals surface area (Å²) in [5.41, 5.74) is 12.3. The number of primary amides is 1. The minimum absolute atomic E-state index is 0.309. The van der Waals surface area contributed by atoms with Gasteiger partial charge in [0.05, 0.1) is 5.56 Å². The third-order valence-electron chi connectivity index (χ3n) is 2.19. The van der Waals surface area contributed by atoms with Gasteiger partial charge < -0.3 is 16.8 Å². The van der Waals surface area contributed by atoms with Crippen LogP contribution in [0.3, 0.4) is 0 Å². The van der Waals surface area contributed by atoms with E-state index in [9.17, 15) is 4.79 Å². The molecule has 1 amide bonds. The van der Waals surface area contributed by atoms with Crippen molar-refractivity contribution >= 4 is 33.8 Å². The number of amides is 1. The van der Waals surface area contributed by atoms with Crippen molar-refractivity contribution in [1.29, 1.82) is 0 Å². The van der Waals surface area contributed by atoms with Crippen molar-refractivity contribution in [3.05, 3.63) is 34.8 Å². The maximum Gasteiger partial charge on any atom is 0.250 e. The average Bonchev–Trinajstić information content (AvgIpc) is 2.66. The lowest BCUT2D eigenvalue weighted by Crippen LogP contribution is -2.13. The molecule has 88 valence electrons. The Labute approximate surface area is 102 Å². The maximum atomic E-state index is 11.1. The number of nitrogen functional groups attached to an aromatic ring is 1. The number of nitrogens with two attached hydrogens (primary N) is 2. The van der Waals surface area contributed by atoms with Crippen LogP contribution in [0.1, 0.15) is 15.2 Å². The lowest BCUT2D eigenvalue weighted by molar-refractivity contribution is 0.100. The number of nitrogens with zero attached hydrogens (tertiary/aromatic N) is 1. The molecule has 0 aliphatic carbocycles. The van der Waals surface area contributed by atoms with Gasteiger partial charge in [0, 0.05) is 22.4 Å². The van der Waals surface area contributed by atoms with Gasteiger partial charge in [-0.15, -0.1) is 11.3 Å². The Morgan fingerprint density at radius 2 is 2.24 bits per heavy atom. The standard InChI is InChI=1S/C11H12N4OS/c1-6-5-14-11(17-6)15-7-2-3-9(12)8(4-7)10(13)16/h2-5H,12H2,1H3,(H2,13,16)(H,14,15). The first-order valence-electron chi connectivity index (χ1n) is 4.95. The van der Waals surface area contributed by atoms with Crippen molar-refractivity contribution in [3.8, 4) is 0 Å². The molecule has 0 fully saturated rings. The van der Waals surface area contributed by atoms with Crippen molar-refractivity contribution in [1.82, 2.24) is 4.98 Å². The smallest absolute Gasteiger partial charge is 0.250 e. The van der Waals surface area contributed by atoms with Crippen molar-refractivity contribution in [2.24, 2.45) is 5.73 Å². The molecule has 2 rings (SSSR count). The van der Waals surface area contributed by atoms with E-state index in [4.69, 9.17) is 11.5 Å². The number of aryl methyl sites for hydroxylation is 1. The Hall–Kier alpha value is -2.08. The first kappa shape index (κ1) is 11.4. The van der Waals surface area contributed by atoms with Crippen LogP contribution < -0.4 is 16.8 Å². The highest BCUT2D eigenvalue weighted by atomic mass is 32.1. The van der Waals surface area contributed by atoms with E-state index in [2.05, 4.69) is 10.3 Å². The molecular formula is C11H12N4OS. The normalized spacial score (nSPS) is 10.2. The summed E-state index contributed by atoms with van der Waals surface area (Å²) in [6.07, 6.45) is 1.78. The predicted octanol–water partition coefficient (Wildman–Crippen LogP) is 1.88. The van der Waals surface area contributed by atoms with Gasteiger partial charge in [-0.2, -0.15) is 0 Å². The summed E-state index contributed by atoms with van der Waals surface area (Å²) < 4.78 is 0. The molecule has 2 aromatic rings. The molecule has 0 bridgehead atoms. The van der Waals surface area contributed by atoms with Gasteiger partial charge in [0.2, 0.25) is 0 Å². The van der Waals surface area contributed by atoms with E-state index in [0.29, 0.717) is 11.3 Å². The van der Waals surface area contributed by atoms with Crippen LogP contribution in [0.5, 0.6) is 0 Å². The van der Waals surface area contributed by atoms with Gasteiger partial charge in [0.25, 0.3) is 5.91 Å². The van der Waals surface area contributed by atoms with Gasteiger partial charge in [-0.25, -0.2) is 4.98 Å². The van der Waals surface area contributed by atoms with E-state index >= 15 is 0 Å². The van der Waals surface area contributed by atoms with E-state index in [0.717, 1.165) is 15.7 Å². The van der Waals surface area contributed by atoms with Crippen LogP contribution in [0.25, 0.3) is 0 Å². The average molecular weight is 248 g/mol. The summed E-state index contributed by atoms with van der Waals surface area (Å²) in [6.45, 7) is 1.97. The number of anilines is 3. The van der Waals surface area contributed by atoms with Gasteiger partial charge in [-0.3, -0.25) is 4.79 Å².